The molecule has 3 heterocycles. The maximum atomic E-state index is 12.5. The van der Waals surface area contributed by atoms with Crippen molar-refractivity contribution < 1.29 is 9.59 Å². The molecule has 0 unspecified atom stereocenters. The quantitative estimate of drug-likeness (QED) is 0.651. The fraction of sp³-hybridized carbons (Fsp3) is 0.227. The molecule has 0 spiro atoms. The number of carbonyl (C=O) groups is 2. The van der Waals surface area contributed by atoms with Gasteiger partial charge in [-0.15, -0.1) is 11.3 Å². The fourth-order valence-corrected chi connectivity index (χ4v) is 3.90. The molecule has 1 aromatic carbocycles. The van der Waals surface area contributed by atoms with Crippen LogP contribution < -0.4 is 15.5 Å². The van der Waals surface area contributed by atoms with Gasteiger partial charge in [0.05, 0.1) is 4.88 Å². The van der Waals surface area contributed by atoms with Gasteiger partial charge in [-0.05, 0) is 54.1 Å². The van der Waals surface area contributed by atoms with Crippen LogP contribution in [-0.2, 0) is 6.54 Å². The van der Waals surface area contributed by atoms with Crippen molar-refractivity contribution in [2.24, 2.45) is 0 Å². The van der Waals surface area contributed by atoms with Crippen molar-refractivity contribution in [2.45, 2.75) is 19.4 Å². The maximum absolute atomic E-state index is 12.5. The SMILES string of the molecule is O=C(NCc1ccc(N2CCCC2)nc1)c1cccc(NC(=O)c2cccs2)c1. The molecule has 7 heteroatoms. The average Bonchev–Trinajstić information content (AvgIpc) is 3.47. The number of nitrogens with one attached hydrogen (secondary N) is 2. The van der Waals surface area contributed by atoms with Crippen LogP contribution >= 0.6 is 11.3 Å². The van der Waals surface area contributed by atoms with Crippen LogP contribution in [-0.4, -0.2) is 29.9 Å². The molecule has 1 aliphatic rings. The first-order chi connectivity index (χ1) is 14.2. The van der Waals surface area contributed by atoms with Gasteiger partial charge in [0.1, 0.15) is 5.82 Å². The molecule has 6 nitrogen and oxygen atoms in total. The lowest BCUT2D eigenvalue weighted by atomic mass is 10.1. The lowest BCUT2D eigenvalue weighted by Gasteiger charge is -2.16. The molecule has 2 amide bonds. The summed E-state index contributed by atoms with van der Waals surface area (Å²) in [6.45, 7) is 2.52. The summed E-state index contributed by atoms with van der Waals surface area (Å²) in [6.07, 6.45) is 4.24. The number of amides is 2. The minimum atomic E-state index is -0.194. The highest BCUT2D eigenvalue weighted by molar-refractivity contribution is 7.12. The van der Waals surface area contributed by atoms with Crippen molar-refractivity contribution in [3.63, 3.8) is 0 Å². The molecule has 4 rings (SSSR count). The number of rotatable bonds is 6. The zero-order valence-electron chi connectivity index (χ0n) is 15.9. The number of benzene rings is 1. The molecule has 148 valence electrons. The maximum Gasteiger partial charge on any atom is 0.265 e. The number of anilines is 2. The summed E-state index contributed by atoms with van der Waals surface area (Å²) < 4.78 is 0. The predicted octanol–water partition coefficient (Wildman–Crippen LogP) is 3.93. The van der Waals surface area contributed by atoms with Crippen LogP contribution in [0.2, 0.25) is 0 Å². The molecule has 3 aromatic rings. The number of aromatic nitrogens is 1. The highest BCUT2D eigenvalue weighted by Gasteiger charge is 2.13. The van der Waals surface area contributed by atoms with Crippen LogP contribution in [0.4, 0.5) is 11.5 Å². The molecule has 1 saturated heterocycles. The van der Waals surface area contributed by atoms with E-state index in [9.17, 15) is 9.59 Å². The Morgan fingerprint density at radius 2 is 1.90 bits per heavy atom. The Morgan fingerprint density at radius 1 is 1.03 bits per heavy atom. The Morgan fingerprint density at radius 3 is 2.62 bits per heavy atom. The van der Waals surface area contributed by atoms with E-state index in [1.54, 1.807) is 30.3 Å². The van der Waals surface area contributed by atoms with E-state index >= 15 is 0 Å². The number of thiophene rings is 1. The van der Waals surface area contributed by atoms with E-state index in [1.807, 2.05) is 29.8 Å². The Bertz CT molecular complexity index is 980. The first kappa shape index (κ1) is 19.1. The minimum absolute atomic E-state index is 0.179. The van der Waals surface area contributed by atoms with Crippen molar-refractivity contribution in [1.29, 1.82) is 0 Å². The Hall–Kier alpha value is -3.19. The molecule has 0 aliphatic carbocycles. The van der Waals surface area contributed by atoms with E-state index in [-0.39, 0.29) is 11.8 Å². The summed E-state index contributed by atoms with van der Waals surface area (Å²) in [5.74, 6) is 0.620. The molecule has 1 aliphatic heterocycles. The van der Waals surface area contributed by atoms with Gasteiger partial charge < -0.3 is 15.5 Å². The Labute approximate surface area is 173 Å². The second-order valence-corrected chi connectivity index (χ2v) is 7.86. The van der Waals surface area contributed by atoms with Gasteiger partial charge in [-0.1, -0.05) is 18.2 Å². The van der Waals surface area contributed by atoms with Crippen molar-refractivity contribution in [1.82, 2.24) is 10.3 Å². The second-order valence-electron chi connectivity index (χ2n) is 6.91. The zero-order chi connectivity index (χ0) is 20.1. The van der Waals surface area contributed by atoms with E-state index in [0.29, 0.717) is 22.7 Å². The predicted molar refractivity (Wildman–Crippen MR) is 116 cm³/mol. The van der Waals surface area contributed by atoms with Crippen molar-refractivity contribution in [2.75, 3.05) is 23.3 Å². The van der Waals surface area contributed by atoms with Crippen LogP contribution in [0.3, 0.4) is 0 Å². The monoisotopic (exact) mass is 406 g/mol. The molecule has 2 N–H and O–H groups in total. The molecule has 0 atom stereocenters. The van der Waals surface area contributed by atoms with Gasteiger partial charge in [-0.3, -0.25) is 9.59 Å². The van der Waals surface area contributed by atoms with Crippen LogP contribution in [0.15, 0.2) is 60.1 Å². The molecular weight excluding hydrogens is 384 g/mol. The van der Waals surface area contributed by atoms with Crippen molar-refractivity contribution in [3.05, 3.63) is 76.1 Å². The van der Waals surface area contributed by atoms with Crippen LogP contribution in [0.1, 0.15) is 38.4 Å². The summed E-state index contributed by atoms with van der Waals surface area (Å²) in [6, 6.07) is 14.5. The summed E-state index contributed by atoms with van der Waals surface area (Å²) in [7, 11) is 0. The molecule has 0 bridgehead atoms. The highest BCUT2D eigenvalue weighted by atomic mass is 32.1. The first-order valence-electron chi connectivity index (χ1n) is 9.62. The van der Waals surface area contributed by atoms with Gasteiger partial charge in [0.15, 0.2) is 0 Å². The zero-order valence-corrected chi connectivity index (χ0v) is 16.7. The smallest absolute Gasteiger partial charge is 0.265 e. The standard InChI is InChI=1S/C22H22N4O2S/c27-21(24-15-16-8-9-20(23-14-16)26-10-1-2-11-26)17-5-3-6-18(13-17)25-22(28)19-7-4-12-29-19/h3-9,12-14H,1-2,10-11,15H2,(H,24,27)(H,25,28). The van der Waals surface area contributed by atoms with Gasteiger partial charge in [0.25, 0.3) is 11.8 Å². The Balaban J connectivity index is 1.34. The van der Waals surface area contributed by atoms with Crippen molar-refractivity contribution in [3.8, 4) is 0 Å². The molecule has 2 aromatic heterocycles. The summed E-state index contributed by atoms with van der Waals surface area (Å²) in [5, 5.41) is 7.58. The normalized spacial score (nSPS) is 13.3. The number of pyridine rings is 1. The summed E-state index contributed by atoms with van der Waals surface area (Å²) in [5.41, 5.74) is 2.03. The van der Waals surface area contributed by atoms with Crippen LogP contribution in [0.5, 0.6) is 0 Å². The van der Waals surface area contributed by atoms with Gasteiger partial charge >= 0.3 is 0 Å². The largest absolute Gasteiger partial charge is 0.357 e. The first-order valence-corrected chi connectivity index (χ1v) is 10.5. The van der Waals surface area contributed by atoms with Crippen LogP contribution in [0, 0.1) is 0 Å². The summed E-state index contributed by atoms with van der Waals surface area (Å²) in [4.78, 5) is 32.1. The summed E-state index contributed by atoms with van der Waals surface area (Å²) >= 11 is 1.38. The average molecular weight is 407 g/mol. The van der Waals surface area contributed by atoms with Crippen LogP contribution in [0.25, 0.3) is 0 Å². The fourth-order valence-electron chi connectivity index (χ4n) is 3.28. The molecule has 1 fully saturated rings. The van der Waals surface area contributed by atoms with E-state index in [1.165, 1.54) is 24.2 Å². The van der Waals surface area contributed by atoms with E-state index in [4.69, 9.17) is 0 Å². The Kier molecular flexibility index (Phi) is 5.86. The van der Waals surface area contributed by atoms with E-state index < -0.39 is 0 Å². The number of nitrogens with zero attached hydrogens (tertiary/aromatic N) is 2. The van der Waals surface area contributed by atoms with E-state index in [2.05, 4.69) is 20.5 Å². The topological polar surface area (TPSA) is 74.3 Å². The third-order valence-electron chi connectivity index (χ3n) is 4.82. The minimum Gasteiger partial charge on any atom is -0.357 e. The highest BCUT2D eigenvalue weighted by Crippen LogP contribution is 2.18. The number of carbonyl (C=O) groups excluding carboxylic acids is 2. The third-order valence-corrected chi connectivity index (χ3v) is 5.69. The molecule has 0 radical (unpaired) electrons. The number of hydrogen-bond donors (Lipinski definition) is 2. The van der Waals surface area contributed by atoms with Gasteiger partial charge in [0.2, 0.25) is 0 Å². The lowest BCUT2D eigenvalue weighted by Crippen LogP contribution is -2.23. The number of hydrogen-bond acceptors (Lipinski definition) is 5. The molecule has 29 heavy (non-hydrogen) atoms. The van der Waals surface area contributed by atoms with Gasteiger partial charge in [-0.2, -0.15) is 0 Å². The van der Waals surface area contributed by atoms with Gasteiger partial charge in [0, 0.05) is 37.1 Å². The lowest BCUT2D eigenvalue weighted by molar-refractivity contribution is 0.0949. The third kappa shape index (κ3) is 4.81. The van der Waals surface area contributed by atoms with Gasteiger partial charge in [-0.25, -0.2) is 4.98 Å². The van der Waals surface area contributed by atoms with Crippen molar-refractivity contribution >= 4 is 34.7 Å². The molecule has 0 saturated carbocycles. The second kappa shape index (κ2) is 8.87. The van der Waals surface area contributed by atoms with E-state index in [0.717, 1.165) is 24.5 Å². The molecular formula is C22H22N4O2S.